The van der Waals surface area contributed by atoms with Gasteiger partial charge in [0.25, 0.3) is 0 Å². The number of ether oxygens (including phenoxy) is 2. The smallest absolute Gasteiger partial charge is 0.313 e. The first-order valence-electron chi connectivity index (χ1n) is 12.3. The van der Waals surface area contributed by atoms with Crippen LogP contribution in [0.4, 0.5) is 0 Å². The number of nitrogens with one attached hydrogen (secondary N) is 1. The van der Waals surface area contributed by atoms with E-state index in [0.29, 0.717) is 30.4 Å². The van der Waals surface area contributed by atoms with Crippen LogP contribution < -0.4 is 10.1 Å². The number of carbonyl (C=O) groups is 1. The molecule has 2 N–H and O–H groups in total. The number of fused-ring (bicyclic) bond motifs is 1. The van der Waals surface area contributed by atoms with Crippen molar-refractivity contribution in [3.8, 4) is 5.75 Å². The molecule has 200 valence electrons. The predicted molar refractivity (Wildman–Crippen MR) is 149 cm³/mol. The molecular weight excluding hydrogens is 521 g/mol. The summed E-state index contributed by atoms with van der Waals surface area (Å²) in [6.07, 6.45) is 1.96. The highest BCUT2D eigenvalue weighted by Crippen LogP contribution is 2.39. The van der Waals surface area contributed by atoms with Crippen molar-refractivity contribution in [2.45, 2.75) is 77.5 Å². The second-order valence-corrected chi connectivity index (χ2v) is 10.9. The molecule has 0 amide bonds. The molecule has 3 atom stereocenters. The number of aliphatic hydroxyl groups excluding tert-OH is 1. The Morgan fingerprint density at radius 2 is 1.72 bits per heavy atom. The van der Waals surface area contributed by atoms with Gasteiger partial charge in [0, 0.05) is 12.1 Å². The van der Waals surface area contributed by atoms with Gasteiger partial charge in [-0.05, 0) is 82.6 Å². The third-order valence-electron chi connectivity index (χ3n) is 6.76. The van der Waals surface area contributed by atoms with Crippen molar-refractivity contribution in [2.24, 2.45) is 5.92 Å². The summed E-state index contributed by atoms with van der Waals surface area (Å²) >= 11 is 12.9. The standard InChI is InChI=1S/C28H37Cl2NO4.ClH/c1-6-34-27(33)17(2)22-11-12-24(26(30)25(22)29)35-18(3)23(32)16-31-28(4,5)15-19-13-20-9-7-8-10-21(20)14-19;/h7-12,17-19,23,31-32H,6,13-16H2,1-5H3;1H/t17?,18-,23-;/m0./s1. The van der Waals surface area contributed by atoms with Crippen molar-refractivity contribution >= 4 is 41.6 Å². The molecule has 0 aliphatic heterocycles. The molecule has 8 heteroatoms. The fourth-order valence-corrected chi connectivity index (χ4v) is 5.32. The first-order chi connectivity index (χ1) is 16.5. The molecule has 1 aliphatic rings. The van der Waals surface area contributed by atoms with Crippen LogP contribution in [0.15, 0.2) is 36.4 Å². The normalized spacial score (nSPS) is 16.0. The number of carbonyl (C=O) groups excluding carboxylic acids is 1. The Hall–Kier alpha value is -1.50. The Labute approximate surface area is 231 Å². The van der Waals surface area contributed by atoms with Crippen LogP contribution in [0.2, 0.25) is 10.0 Å². The molecule has 3 rings (SSSR count). The number of hydrogen-bond acceptors (Lipinski definition) is 5. The van der Waals surface area contributed by atoms with E-state index in [9.17, 15) is 9.90 Å². The van der Waals surface area contributed by atoms with Gasteiger partial charge in [-0.1, -0.05) is 53.5 Å². The van der Waals surface area contributed by atoms with Crippen LogP contribution in [-0.2, 0) is 22.4 Å². The zero-order valence-electron chi connectivity index (χ0n) is 21.6. The van der Waals surface area contributed by atoms with Gasteiger partial charge in [-0.25, -0.2) is 0 Å². The molecular formula is C28H38Cl3NO4. The number of benzene rings is 2. The van der Waals surface area contributed by atoms with Crippen LogP contribution >= 0.6 is 35.6 Å². The van der Waals surface area contributed by atoms with Crippen molar-refractivity contribution in [3.05, 3.63) is 63.1 Å². The van der Waals surface area contributed by atoms with Crippen LogP contribution in [0.5, 0.6) is 5.75 Å². The zero-order chi connectivity index (χ0) is 25.8. The van der Waals surface area contributed by atoms with Gasteiger partial charge in [0.05, 0.1) is 17.5 Å². The molecule has 5 nitrogen and oxygen atoms in total. The minimum atomic E-state index is -0.747. The minimum absolute atomic E-state index is 0. The Morgan fingerprint density at radius 1 is 1.11 bits per heavy atom. The lowest BCUT2D eigenvalue weighted by Gasteiger charge is -2.32. The maximum atomic E-state index is 12.1. The second kappa shape index (κ2) is 13.3. The second-order valence-electron chi connectivity index (χ2n) is 10.2. The fraction of sp³-hybridized carbons (Fsp3) is 0.536. The number of esters is 1. The third kappa shape index (κ3) is 7.75. The molecule has 0 fully saturated rings. The summed E-state index contributed by atoms with van der Waals surface area (Å²) in [5.41, 5.74) is 3.36. The lowest BCUT2D eigenvalue weighted by Crippen LogP contribution is -2.48. The Morgan fingerprint density at radius 3 is 2.31 bits per heavy atom. The first-order valence-corrected chi connectivity index (χ1v) is 13.1. The molecule has 1 unspecified atom stereocenters. The lowest BCUT2D eigenvalue weighted by molar-refractivity contribution is -0.144. The van der Waals surface area contributed by atoms with Gasteiger partial charge in [0.15, 0.2) is 0 Å². The van der Waals surface area contributed by atoms with Crippen LogP contribution in [0.3, 0.4) is 0 Å². The van der Waals surface area contributed by atoms with E-state index in [0.717, 1.165) is 19.3 Å². The minimum Gasteiger partial charge on any atom is -0.486 e. The summed E-state index contributed by atoms with van der Waals surface area (Å²) in [4.78, 5) is 12.1. The lowest BCUT2D eigenvalue weighted by atomic mass is 9.88. The van der Waals surface area contributed by atoms with Gasteiger partial charge >= 0.3 is 5.97 Å². The van der Waals surface area contributed by atoms with E-state index in [-0.39, 0.29) is 34.0 Å². The van der Waals surface area contributed by atoms with Crippen LogP contribution in [0, 0.1) is 5.92 Å². The van der Waals surface area contributed by atoms with E-state index in [2.05, 4.69) is 43.4 Å². The largest absolute Gasteiger partial charge is 0.486 e. The van der Waals surface area contributed by atoms with E-state index < -0.39 is 18.1 Å². The topological polar surface area (TPSA) is 67.8 Å². The molecule has 0 radical (unpaired) electrons. The van der Waals surface area contributed by atoms with Gasteiger partial charge in [-0.15, -0.1) is 12.4 Å². The molecule has 0 spiro atoms. The summed E-state index contributed by atoms with van der Waals surface area (Å²) < 4.78 is 11.0. The summed E-state index contributed by atoms with van der Waals surface area (Å²) in [7, 11) is 0. The van der Waals surface area contributed by atoms with Crippen molar-refractivity contribution in [1.82, 2.24) is 5.32 Å². The molecule has 1 aliphatic carbocycles. The van der Waals surface area contributed by atoms with Gasteiger partial charge in [-0.2, -0.15) is 0 Å². The van der Waals surface area contributed by atoms with E-state index >= 15 is 0 Å². The highest BCUT2D eigenvalue weighted by Gasteiger charge is 2.29. The zero-order valence-corrected chi connectivity index (χ0v) is 24.0. The Balaban J connectivity index is 0.00000456. The molecule has 0 heterocycles. The number of aliphatic hydroxyl groups is 1. The number of halogens is 3. The molecule has 0 bridgehead atoms. The number of β-amino-alcohol motifs (C(OH)–C–C–N with tert-alkyl or cyclic N) is 1. The summed E-state index contributed by atoms with van der Waals surface area (Å²) in [6, 6.07) is 12.1. The maximum absolute atomic E-state index is 12.1. The van der Waals surface area contributed by atoms with E-state index in [1.54, 1.807) is 32.9 Å². The van der Waals surface area contributed by atoms with Crippen molar-refractivity contribution in [1.29, 1.82) is 0 Å². The number of rotatable bonds is 11. The highest BCUT2D eigenvalue weighted by atomic mass is 35.5. The quantitative estimate of drug-likeness (QED) is 0.313. The van der Waals surface area contributed by atoms with Gasteiger partial charge in [0.2, 0.25) is 0 Å². The monoisotopic (exact) mass is 557 g/mol. The van der Waals surface area contributed by atoms with Gasteiger partial charge in [0.1, 0.15) is 23.0 Å². The van der Waals surface area contributed by atoms with Gasteiger partial charge in [-0.3, -0.25) is 4.79 Å². The van der Waals surface area contributed by atoms with Gasteiger partial charge < -0.3 is 19.9 Å². The molecule has 0 saturated heterocycles. The van der Waals surface area contributed by atoms with Crippen molar-refractivity contribution < 1.29 is 19.4 Å². The van der Waals surface area contributed by atoms with E-state index in [1.165, 1.54) is 11.1 Å². The molecule has 36 heavy (non-hydrogen) atoms. The van der Waals surface area contributed by atoms with Crippen LogP contribution in [0.1, 0.15) is 63.6 Å². The Bertz CT molecular complexity index is 1000. The van der Waals surface area contributed by atoms with E-state index in [1.807, 2.05) is 0 Å². The predicted octanol–water partition coefficient (Wildman–Crippen LogP) is 6.38. The third-order valence-corrected chi connectivity index (χ3v) is 7.64. The van der Waals surface area contributed by atoms with Crippen molar-refractivity contribution in [2.75, 3.05) is 13.2 Å². The molecule has 2 aromatic rings. The number of hydrogen-bond donors (Lipinski definition) is 2. The summed E-state index contributed by atoms with van der Waals surface area (Å²) in [5.74, 6) is 0.0531. The highest BCUT2D eigenvalue weighted by molar-refractivity contribution is 6.43. The SMILES string of the molecule is CCOC(=O)C(C)c1ccc(O[C@@H](C)[C@@H](O)CNC(C)(C)CC2Cc3ccccc3C2)c(Cl)c1Cl.Cl. The average molecular weight is 559 g/mol. The fourth-order valence-electron chi connectivity index (χ4n) is 4.78. The average Bonchev–Trinajstić information content (AvgIpc) is 3.21. The summed E-state index contributed by atoms with van der Waals surface area (Å²) in [6.45, 7) is 10.3. The molecule has 0 saturated carbocycles. The van der Waals surface area contributed by atoms with Crippen molar-refractivity contribution in [3.63, 3.8) is 0 Å². The maximum Gasteiger partial charge on any atom is 0.313 e. The van der Waals surface area contributed by atoms with E-state index in [4.69, 9.17) is 32.7 Å². The van der Waals surface area contributed by atoms with Crippen LogP contribution in [-0.4, -0.2) is 42.0 Å². The molecule has 0 aromatic heterocycles. The molecule has 2 aromatic carbocycles. The Kier molecular flexibility index (Phi) is 11.4. The first kappa shape index (κ1) is 30.7. The van der Waals surface area contributed by atoms with Crippen LogP contribution in [0.25, 0.3) is 0 Å². The summed E-state index contributed by atoms with van der Waals surface area (Å²) in [5, 5.41) is 14.7.